The Bertz CT molecular complexity index is 496. The Morgan fingerprint density at radius 2 is 1.95 bits per heavy atom. The number of rotatable bonds is 5. The number of aliphatic hydroxyl groups is 1. The van der Waals surface area contributed by atoms with Crippen molar-refractivity contribution in [3.63, 3.8) is 0 Å². The van der Waals surface area contributed by atoms with Gasteiger partial charge in [0.2, 0.25) is 5.91 Å². The fraction of sp³-hybridized carbons (Fsp3) is 0.611. The minimum absolute atomic E-state index is 0.162. The maximum Gasteiger partial charge on any atom is 0.222 e. The van der Waals surface area contributed by atoms with E-state index in [2.05, 4.69) is 31.2 Å². The van der Waals surface area contributed by atoms with Crippen LogP contribution in [0, 0.1) is 11.8 Å². The summed E-state index contributed by atoms with van der Waals surface area (Å²) in [5.74, 6) is 1.18. The van der Waals surface area contributed by atoms with Crippen LogP contribution in [0.2, 0.25) is 0 Å². The minimum atomic E-state index is -0.162. The van der Waals surface area contributed by atoms with Crippen molar-refractivity contribution in [1.29, 1.82) is 0 Å². The number of nitrogens with zero attached hydrogens (tertiary/aromatic N) is 1. The van der Waals surface area contributed by atoms with E-state index in [-0.39, 0.29) is 12.0 Å². The maximum atomic E-state index is 12.2. The molecule has 3 heteroatoms. The molecule has 1 amide bonds. The Labute approximate surface area is 127 Å². The molecule has 1 aromatic rings. The molecule has 21 heavy (non-hydrogen) atoms. The van der Waals surface area contributed by atoms with Gasteiger partial charge < -0.3 is 10.0 Å². The van der Waals surface area contributed by atoms with Crippen molar-refractivity contribution in [3.8, 4) is 0 Å². The molecule has 2 fully saturated rings. The summed E-state index contributed by atoms with van der Waals surface area (Å²) in [6.45, 7) is 3.80. The number of aryl methyl sites for hydroxylation is 2. The number of hydrogen-bond acceptors (Lipinski definition) is 2. The van der Waals surface area contributed by atoms with E-state index in [1.807, 2.05) is 4.90 Å². The van der Waals surface area contributed by atoms with E-state index in [1.165, 1.54) is 11.1 Å². The molecule has 0 spiro atoms. The molecule has 3 nitrogen and oxygen atoms in total. The highest BCUT2D eigenvalue weighted by Gasteiger charge is 2.47. The maximum absolute atomic E-state index is 12.2. The van der Waals surface area contributed by atoms with Gasteiger partial charge in [-0.3, -0.25) is 4.79 Å². The Morgan fingerprint density at radius 3 is 2.57 bits per heavy atom. The van der Waals surface area contributed by atoms with Gasteiger partial charge >= 0.3 is 0 Å². The zero-order chi connectivity index (χ0) is 14.8. The smallest absolute Gasteiger partial charge is 0.222 e. The van der Waals surface area contributed by atoms with Crippen LogP contribution in [0.1, 0.15) is 37.3 Å². The molecule has 1 heterocycles. The van der Waals surface area contributed by atoms with Crippen LogP contribution in [0.25, 0.3) is 0 Å². The number of likely N-dealkylation sites (tertiary alicyclic amines) is 1. The summed E-state index contributed by atoms with van der Waals surface area (Å²) in [5.41, 5.74) is 2.68. The van der Waals surface area contributed by atoms with E-state index in [0.29, 0.717) is 18.3 Å². The topological polar surface area (TPSA) is 40.5 Å². The normalized spacial score (nSPS) is 27.3. The molecule has 2 aliphatic rings. The summed E-state index contributed by atoms with van der Waals surface area (Å²) >= 11 is 0. The molecule has 0 aromatic heterocycles. The summed E-state index contributed by atoms with van der Waals surface area (Å²) in [6, 6.07) is 8.71. The number of fused-ring (bicyclic) bond motifs is 1. The second-order valence-electron chi connectivity index (χ2n) is 6.55. The molecule has 0 radical (unpaired) electrons. The first-order valence-electron chi connectivity index (χ1n) is 8.21. The van der Waals surface area contributed by atoms with Crippen LogP contribution in [0.3, 0.4) is 0 Å². The Morgan fingerprint density at radius 1 is 1.24 bits per heavy atom. The Kier molecular flexibility index (Phi) is 4.29. The summed E-state index contributed by atoms with van der Waals surface area (Å²) in [6.07, 6.45) is 4.31. The summed E-state index contributed by atoms with van der Waals surface area (Å²) in [5, 5.41) is 9.65. The highest BCUT2D eigenvalue weighted by atomic mass is 16.3. The number of amides is 1. The predicted octanol–water partition coefficient (Wildman–Crippen LogP) is 2.41. The van der Waals surface area contributed by atoms with Crippen LogP contribution in [-0.2, 0) is 17.6 Å². The van der Waals surface area contributed by atoms with Gasteiger partial charge in [0, 0.05) is 25.4 Å². The average molecular weight is 287 g/mol. The quantitative estimate of drug-likeness (QED) is 0.903. The lowest BCUT2D eigenvalue weighted by atomic mass is 9.74. The lowest BCUT2D eigenvalue weighted by molar-refractivity contribution is -0.130. The van der Waals surface area contributed by atoms with Crippen LogP contribution in [0.4, 0.5) is 0 Å². The second kappa shape index (κ2) is 6.18. The number of carbonyl (C=O) groups excluding carboxylic acids is 1. The van der Waals surface area contributed by atoms with Gasteiger partial charge in [-0.05, 0) is 42.7 Å². The van der Waals surface area contributed by atoms with Gasteiger partial charge in [0.1, 0.15) is 0 Å². The van der Waals surface area contributed by atoms with Crippen molar-refractivity contribution in [2.75, 3.05) is 13.1 Å². The van der Waals surface area contributed by atoms with Gasteiger partial charge in [-0.25, -0.2) is 0 Å². The standard InChI is InChI=1S/C18H25NO2/c1-2-13-6-8-14(9-7-13)4-3-5-18(21)19-11-15-10-17(20)16(15)12-19/h6-9,15-17,20H,2-5,10-12H2,1H3/t15-,16+,17+/m1/s1. The summed E-state index contributed by atoms with van der Waals surface area (Å²) in [7, 11) is 0. The van der Waals surface area contributed by atoms with Crippen LogP contribution in [0.5, 0.6) is 0 Å². The summed E-state index contributed by atoms with van der Waals surface area (Å²) in [4.78, 5) is 14.2. The van der Waals surface area contributed by atoms with E-state index in [1.54, 1.807) is 0 Å². The van der Waals surface area contributed by atoms with Crippen LogP contribution < -0.4 is 0 Å². The van der Waals surface area contributed by atoms with Gasteiger partial charge in [-0.15, -0.1) is 0 Å². The zero-order valence-electron chi connectivity index (χ0n) is 12.8. The zero-order valence-corrected chi connectivity index (χ0v) is 12.8. The van der Waals surface area contributed by atoms with Crippen molar-refractivity contribution in [2.24, 2.45) is 11.8 Å². The monoisotopic (exact) mass is 287 g/mol. The second-order valence-corrected chi connectivity index (χ2v) is 6.55. The number of aliphatic hydroxyl groups excluding tert-OH is 1. The van der Waals surface area contributed by atoms with E-state index in [9.17, 15) is 9.90 Å². The van der Waals surface area contributed by atoms with Gasteiger partial charge in [-0.1, -0.05) is 31.2 Å². The molecule has 1 N–H and O–H groups in total. The van der Waals surface area contributed by atoms with Crippen molar-refractivity contribution < 1.29 is 9.90 Å². The molecule has 0 unspecified atom stereocenters. The molecule has 114 valence electrons. The number of benzene rings is 1. The van der Waals surface area contributed by atoms with Gasteiger partial charge in [0.05, 0.1) is 6.10 Å². The first-order chi connectivity index (χ1) is 10.2. The molecule has 1 aliphatic carbocycles. The third kappa shape index (κ3) is 3.13. The van der Waals surface area contributed by atoms with Gasteiger partial charge in [0.25, 0.3) is 0 Å². The summed E-state index contributed by atoms with van der Waals surface area (Å²) < 4.78 is 0. The third-order valence-electron chi connectivity index (χ3n) is 5.17. The van der Waals surface area contributed by atoms with Crippen LogP contribution in [0.15, 0.2) is 24.3 Å². The molecule has 3 atom stereocenters. The van der Waals surface area contributed by atoms with Crippen molar-refractivity contribution in [2.45, 2.75) is 45.1 Å². The molecular formula is C18H25NO2. The fourth-order valence-corrected chi connectivity index (χ4v) is 3.62. The molecule has 3 rings (SSSR count). The molecule has 1 aromatic carbocycles. The van der Waals surface area contributed by atoms with Crippen LogP contribution in [-0.4, -0.2) is 35.1 Å². The predicted molar refractivity (Wildman–Crippen MR) is 82.9 cm³/mol. The molecule has 1 saturated heterocycles. The van der Waals surface area contributed by atoms with Gasteiger partial charge in [0.15, 0.2) is 0 Å². The number of carbonyl (C=O) groups is 1. The SMILES string of the molecule is CCc1ccc(CCCC(=O)N2C[C@H]3C[C@H](O)[C@H]3C2)cc1. The third-order valence-corrected chi connectivity index (χ3v) is 5.17. The van der Waals surface area contributed by atoms with E-state index in [0.717, 1.165) is 38.8 Å². The Hall–Kier alpha value is -1.35. The molecule has 1 saturated carbocycles. The lowest BCUT2D eigenvalue weighted by Crippen LogP contribution is -2.39. The molecular weight excluding hydrogens is 262 g/mol. The van der Waals surface area contributed by atoms with Crippen molar-refractivity contribution in [3.05, 3.63) is 35.4 Å². The Balaban J connectivity index is 1.41. The van der Waals surface area contributed by atoms with Crippen molar-refractivity contribution in [1.82, 2.24) is 4.90 Å². The molecule has 1 aliphatic heterocycles. The first-order valence-corrected chi connectivity index (χ1v) is 8.21. The highest BCUT2D eigenvalue weighted by Crippen LogP contribution is 2.40. The minimum Gasteiger partial charge on any atom is -0.393 e. The average Bonchev–Trinajstić information content (AvgIpc) is 2.85. The van der Waals surface area contributed by atoms with Crippen LogP contribution >= 0.6 is 0 Å². The van der Waals surface area contributed by atoms with E-state index >= 15 is 0 Å². The van der Waals surface area contributed by atoms with E-state index in [4.69, 9.17) is 0 Å². The largest absolute Gasteiger partial charge is 0.393 e. The first kappa shape index (κ1) is 14.6. The van der Waals surface area contributed by atoms with Crippen molar-refractivity contribution >= 4 is 5.91 Å². The molecule has 0 bridgehead atoms. The van der Waals surface area contributed by atoms with E-state index < -0.39 is 0 Å². The lowest BCUT2D eigenvalue weighted by Gasteiger charge is -2.34. The number of hydrogen-bond donors (Lipinski definition) is 1. The highest BCUT2D eigenvalue weighted by molar-refractivity contribution is 5.76. The van der Waals surface area contributed by atoms with Gasteiger partial charge in [-0.2, -0.15) is 0 Å². The fourth-order valence-electron chi connectivity index (χ4n) is 3.62.